The number of carbonyl (C=O) groups excluding carboxylic acids is 1. The summed E-state index contributed by atoms with van der Waals surface area (Å²) in [5.41, 5.74) is 1.05. The second kappa shape index (κ2) is 5.52. The van der Waals surface area contributed by atoms with Gasteiger partial charge in [0.05, 0.1) is 12.6 Å². The second-order valence-corrected chi connectivity index (χ2v) is 5.14. The predicted molar refractivity (Wildman–Crippen MR) is 70.1 cm³/mol. The predicted octanol–water partition coefficient (Wildman–Crippen LogP) is 1.16. The lowest BCUT2D eigenvalue weighted by molar-refractivity contribution is -0.135. The van der Waals surface area contributed by atoms with Crippen LogP contribution < -0.4 is 0 Å². The van der Waals surface area contributed by atoms with Crippen LogP contribution in [-0.4, -0.2) is 51.9 Å². The van der Waals surface area contributed by atoms with Crippen molar-refractivity contribution in [1.29, 1.82) is 0 Å². The number of nitrogens with one attached hydrogen (secondary N) is 1. The van der Waals surface area contributed by atoms with Gasteiger partial charge in [-0.25, -0.2) is 4.98 Å². The summed E-state index contributed by atoms with van der Waals surface area (Å²) in [5, 5.41) is 0. The number of H-pyrrole nitrogens is 1. The van der Waals surface area contributed by atoms with Gasteiger partial charge in [0.25, 0.3) is 0 Å². The van der Waals surface area contributed by atoms with E-state index in [1.807, 2.05) is 36.9 Å². The van der Waals surface area contributed by atoms with E-state index in [2.05, 4.69) is 9.97 Å². The molecule has 1 aromatic heterocycles. The molecule has 18 heavy (non-hydrogen) atoms. The number of aromatic nitrogens is 2. The lowest BCUT2D eigenvalue weighted by Crippen LogP contribution is -2.44. The summed E-state index contributed by atoms with van der Waals surface area (Å²) in [6, 6.07) is -0.0893. The van der Waals surface area contributed by atoms with Gasteiger partial charge in [0.2, 0.25) is 5.91 Å². The van der Waals surface area contributed by atoms with Crippen LogP contribution in [0.1, 0.15) is 31.3 Å². The molecule has 1 fully saturated rings. The molecule has 1 N–H and O–H groups in total. The molecule has 1 aromatic rings. The van der Waals surface area contributed by atoms with Gasteiger partial charge < -0.3 is 9.88 Å². The summed E-state index contributed by atoms with van der Waals surface area (Å²) in [4.78, 5) is 23.7. The number of amides is 1. The summed E-state index contributed by atoms with van der Waals surface area (Å²) in [5.74, 6) is 1.15. The molecule has 2 rings (SSSR count). The largest absolute Gasteiger partial charge is 0.345 e. The number of aryl methyl sites for hydroxylation is 1. The van der Waals surface area contributed by atoms with Crippen LogP contribution in [0.25, 0.3) is 0 Å². The summed E-state index contributed by atoms with van der Waals surface area (Å²) >= 11 is 0. The highest BCUT2D eigenvalue weighted by molar-refractivity contribution is 5.81. The Labute approximate surface area is 108 Å². The molecule has 1 atom stereocenters. The van der Waals surface area contributed by atoms with Crippen molar-refractivity contribution in [3.63, 3.8) is 0 Å². The minimum Gasteiger partial charge on any atom is -0.345 e. The van der Waals surface area contributed by atoms with Crippen LogP contribution in [0.4, 0.5) is 0 Å². The third-order valence-electron chi connectivity index (χ3n) is 3.59. The zero-order valence-corrected chi connectivity index (χ0v) is 11.4. The number of rotatable bonds is 4. The van der Waals surface area contributed by atoms with E-state index in [-0.39, 0.29) is 11.9 Å². The Bertz CT molecular complexity index is 409. The fourth-order valence-corrected chi connectivity index (χ4v) is 2.31. The maximum atomic E-state index is 12.2. The lowest BCUT2D eigenvalue weighted by Gasteiger charge is -2.27. The number of likely N-dealkylation sites (tertiary alicyclic amines) is 1. The molecule has 0 spiro atoms. The Balaban J connectivity index is 1.91. The average Bonchev–Trinajstić information content (AvgIpc) is 2.98. The maximum Gasteiger partial charge on any atom is 0.239 e. The summed E-state index contributed by atoms with van der Waals surface area (Å²) in [7, 11) is 1.97. The molecule has 0 radical (unpaired) electrons. The van der Waals surface area contributed by atoms with E-state index in [1.165, 1.54) is 0 Å². The molecule has 2 heterocycles. The van der Waals surface area contributed by atoms with Crippen molar-refractivity contribution in [3.05, 3.63) is 17.7 Å². The normalized spacial score (nSPS) is 17.4. The van der Waals surface area contributed by atoms with Crippen molar-refractivity contribution in [2.24, 2.45) is 0 Å². The molecular formula is C13H22N4O. The van der Waals surface area contributed by atoms with Crippen molar-refractivity contribution < 1.29 is 4.79 Å². The van der Waals surface area contributed by atoms with Gasteiger partial charge in [-0.05, 0) is 33.7 Å². The molecule has 0 unspecified atom stereocenters. The van der Waals surface area contributed by atoms with E-state index < -0.39 is 0 Å². The van der Waals surface area contributed by atoms with E-state index in [1.54, 1.807) is 0 Å². The molecule has 1 saturated heterocycles. The van der Waals surface area contributed by atoms with Crippen molar-refractivity contribution in [3.8, 4) is 0 Å². The first-order valence-corrected chi connectivity index (χ1v) is 6.57. The highest BCUT2D eigenvalue weighted by atomic mass is 16.2. The molecule has 100 valence electrons. The van der Waals surface area contributed by atoms with E-state index in [4.69, 9.17) is 0 Å². The monoisotopic (exact) mass is 250 g/mol. The maximum absolute atomic E-state index is 12.2. The number of carbonyl (C=O) groups is 1. The number of nitrogens with zero attached hydrogens (tertiary/aromatic N) is 3. The Morgan fingerprint density at radius 3 is 2.78 bits per heavy atom. The SMILES string of the molecule is Cc1cnc(CN(C)[C@H](C)C(=O)N2CCCC2)[nH]1. The Kier molecular flexibility index (Phi) is 4.01. The highest BCUT2D eigenvalue weighted by Crippen LogP contribution is 2.12. The second-order valence-electron chi connectivity index (χ2n) is 5.14. The van der Waals surface area contributed by atoms with Crippen molar-refractivity contribution in [2.75, 3.05) is 20.1 Å². The molecular weight excluding hydrogens is 228 g/mol. The summed E-state index contributed by atoms with van der Waals surface area (Å²) in [6.07, 6.45) is 4.09. The lowest BCUT2D eigenvalue weighted by atomic mass is 10.2. The summed E-state index contributed by atoms with van der Waals surface area (Å²) < 4.78 is 0. The van der Waals surface area contributed by atoms with Gasteiger partial charge in [0, 0.05) is 25.0 Å². The zero-order chi connectivity index (χ0) is 13.1. The van der Waals surface area contributed by atoms with Crippen LogP contribution in [0.2, 0.25) is 0 Å². The van der Waals surface area contributed by atoms with E-state index >= 15 is 0 Å². The van der Waals surface area contributed by atoms with Crippen LogP contribution in [0, 0.1) is 6.92 Å². The first kappa shape index (κ1) is 13.1. The number of likely N-dealkylation sites (N-methyl/N-ethyl adjacent to an activating group) is 1. The number of imidazole rings is 1. The standard InChI is InChI=1S/C13H22N4O/c1-10-8-14-12(15-10)9-16(3)11(2)13(18)17-6-4-5-7-17/h8,11H,4-7,9H2,1-3H3,(H,14,15)/t11-/m1/s1. The van der Waals surface area contributed by atoms with E-state index in [0.29, 0.717) is 6.54 Å². The topological polar surface area (TPSA) is 52.2 Å². The average molecular weight is 250 g/mol. The molecule has 0 bridgehead atoms. The smallest absolute Gasteiger partial charge is 0.239 e. The van der Waals surface area contributed by atoms with Crippen molar-refractivity contribution in [1.82, 2.24) is 19.8 Å². The Morgan fingerprint density at radius 2 is 2.22 bits per heavy atom. The molecule has 0 aromatic carbocycles. The van der Waals surface area contributed by atoms with Gasteiger partial charge in [-0.3, -0.25) is 9.69 Å². The van der Waals surface area contributed by atoms with E-state index in [0.717, 1.165) is 37.4 Å². The quantitative estimate of drug-likeness (QED) is 0.872. The fourth-order valence-electron chi connectivity index (χ4n) is 2.31. The zero-order valence-electron chi connectivity index (χ0n) is 11.4. The molecule has 5 heteroatoms. The number of hydrogen-bond acceptors (Lipinski definition) is 3. The fraction of sp³-hybridized carbons (Fsp3) is 0.692. The van der Waals surface area contributed by atoms with Crippen LogP contribution in [0.3, 0.4) is 0 Å². The minimum atomic E-state index is -0.0893. The molecule has 1 amide bonds. The Morgan fingerprint density at radius 1 is 1.56 bits per heavy atom. The van der Waals surface area contributed by atoms with E-state index in [9.17, 15) is 4.79 Å². The Hall–Kier alpha value is -1.36. The van der Waals surface area contributed by atoms with Crippen LogP contribution in [-0.2, 0) is 11.3 Å². The van der Waals surface area contributed by atoms with Gasteiger partial charge in [0.1, 0.15) is 5.82 Å². The van der Waals surface area contributed by atoms with Crippen molar-refractivity contribution >= 4 is 5.91 Å². The third-order valence-corrected chi connectivity index (χ3v) is 3.59. The highest BCUT2D eigenvalue weighted by Gasteiger charge is 2.26. The molecule has 5 nitrogen and oxygen atoms in total. The van der Waals surface area contributed by atoms with Crippen LogP contribution in [0.15, 0.2) is 6.20 Å². The molecule has 1 aliphatic rings. The molecule has 0 saturated carbocycles. The molecule has 1 aliphatic heterocycles. The summed E-state index contributed by atoms with van der Waals surface area (Å²) in [6.45, 7) is 6.45. The van der Waals surface area contributed by atoms with Crippen LogP contribution in [0.5, 0.6) is 0 Å². The van der Waals surface area contributed by atoms with Gasteiger partial charge in [-0.1, -0.05) is 0 Å². The first-order chi connectivity index (χ1) is 8.58. The third kappa shape index (κ3) is 2.90. The molecule has 0 aliphatic carbocycles. The van der Waals surface area contributed by atoms with Gasteiger partial charge in [-0.2, -0.15) is 0 Å². The van der Waals surface area contributed by atoms with Gasteiger partial charge >= 0.3 is 0 Å². The van der Waals surface area contributed by atoms with Gasteiger partial charge in [0.15, 0.2) is 0 Å². The van der Waals surface area contributed by atoms with Crippen LogP contribution >= 0.6 is 0 Å². The van der Waals surface area contributed by atoms with Gasteiger partial charge in [-0.15, -0.1) is 0 Å². The number of hydrogen-bond donors (Lipinski definition) is 1. The number of aromatic amines is 1. The van der Waals surface area contributed by atoms with Crippen molar-refractivity contribution in [2.45, 2.75) is 39.3 Å². The minimum absolute atomic E-state index is 0.0893. The first-order valence-electron chi connectivity index (χ1n) is 6.57.